The highest BCUT2D eigenvalue weighted by Gasteiger charge is 2.31. The lowest BCUT2D eigenvalue weighted by atomic mass is 10.2. The van der Waals surface area contributed by atoms with Crippen molar-refractivity contribution in [2.45, 2.75) is 10.6 Å². The van der Waals surface area contributed by atoms with E-state index in [2.05, 4.69) is 0 Å². The lowest BCUT2D eigenvalue weighted by Crippen LogP contribution is -2.28. The second-order valence-corrected chi connectivity index (χ2v) is 7.14. The van der Waals surface area contributed by atoms with E-state index >= 15 is 0 Å². The van der Waals surface area contributed by atoms with E-state index in [0.29, 0.717) is 30.0 Å². The summed E-state index contributed by atoms with van der Waals surface area (Å²) in [6.45, 7) is 0.418. The number of nitrogens with zero attached hydrogens (tertiary/aromatic N) is 1. The van der Waals surface area contributed by atoms with Gasteiger partial charge >= 0.3 is 0 Å². The number of benzene rings is 1. The maximum atomic E-state index is 13.0. The number of anilines is 1. The molecule has 0 atom stereocenters. The SMILES string of the molecule is O=S(=O)(c1ccc(F)s1)N1CCc2ccccc21. The molecule has 6 heteroatoms. The lowest BCUT2D eigenvalue weighted by Gasteiger charge is -2.18. The van der Waals surface area contributed by atoms with E-state index < -0.39 is 15.2 Å². The maximum absolute atomic E-state index is 13.0. The van der Waals surface area contributed by atoms with Gasteiger partial charge in [0.15, 0.2) is 5.13 Å². The van der Waals surface area contributed by atoms with Gasteiger partial charge in [-0.2, -0.15) is 4.39 Å². The van der Waals surface area contributed by atoms with Crippen molar-refractivity contribution in [2.24, 2.45) is 0 Å². The quantitative estimate of drug-likeness (QED) is 0.849. The molecule has 0 radical (unpaired) electrons. The molecule has 0 unspecified atom stereocenters. The third-order valence-corrected chi connectivity index (χ3v) is 6.09. The summed E-state index contributed by atoms with van der Waals surface area (Å²) in [5.41, 5.74) is 1.71. The molecule has 0 saturated carbocycles. The van der Waals surface area contributed by atoms with Gasteiger partial charge in [-0.25, -0.2) is 8.42 Å². The van der Waals surface area contributed by atoms with E-state index in [1.165, 1.54) is 16.4 Å². The van der Waals surface area contributed by atoms with Crippen molar-refractivity contribution in [1.82, 2.24) is 0 Å². The Bertz CT molecular complexity index is 694. The van der Waals surface area contributed by atoms with Crippen LogP contribution in [0.25, 0.3) is 0 Å². The first kappa shape index (κ1) is 11.7. The van der Waals surface area contributed by atoms with E-state index in [4.69, 9.17) is 0 Å². The third kappa shape index (κ3) is 1.72. The number of sulfonamides is 1. The van der Waals surface area contributed by atoms with Crippen molar-refractivity contribution >= 4 is 27.0 Å². The fraction of sp³-hybridized carbons (Fsp3) is 0.167. The molecule has 94 valence electrons. The summed E-state index contributed by atoms with van der Waals surface area (Å²) in [4.78, 5) is 0. The number of fused-ring (bicyclic) bond motifs is 1. The molecule has 2 heterocycles. The molecule has 1 aliphatic rings. The molecule has 0 fully saturated rings. The van der Waals surface area contributed by atoms with Gasteiger partial charge in [0.2, 0.25) is 0 Å². The Kier molecular flexibility index (Phi) is 2.64. The maximum Gasteiger partial charge on any atom is 0.273 e. The van der Waals surface area contributed by atoms with Gasteiger partial charge in [0.05, 0.1) is 5.69 Å². The Hall–Kier alpha value is -1.40. The smallest absolute Gasteiger partial charge is 0.265 e. The summed E-state index contributed by atoms with van der Waals surface area (Å²) in [7, 11) is -3.62. The van der Waals surface area contributed by atoms with Crippen molar-refractivity contribution in [3.8, 4) is 0 Å². The molecule has 2 aromatic rings. The molecule has 1 aromatic carbocycles. The van der Waals surface area contributed by atoms with Crippen molar-refractivity contribution in [2.75, 3.05) is 10.8 Å². The number of thiophene rings is 1. The molecule has 0 amide bonds. The second kappa shape index (κ2) is 4.07. The Morgan fingerprint density at radius 2 is 1.94 bits per heavy atom. The van der Waals surface area contributed by atoms with Crippen LogP contribution in [0.5, 0.6) is 0 Å². The predicted octanol–water partition coefficient (Wildman–Crippen LogP) is 2.64. The third-order valence-electron chi connectivity index (χ3n) is 2.94. The number of halogens is 1. The summed E-state index contributed by atoms with van der Waals surface area (Å²) < 4.78 is 39.1. The molecule has 0 bridgehead atoms. The first-order chi connectivity index (χ1) is 8.59. The van der Waals surface area contributed by atoms with Crippen LogP contribution in [0, 0.1) is 5.13 Å². The average molecular weight is 283 g/mol. The van der Waals surface area contributed by atoms with E-state index in [0.717, 1.165) is 5.56 Å². The summed E-state index contributed by atoms with van der Waals surface area (Å²) in [5, 5.41) is -0.485. The molecular formula is C12H10FNO2S2. The predicted molar refractivity (Wildman–Crippen MR) is 69.0 cm³/mol. The Balaban J connectivity index is 2.07. The Morgan fingerprint density at radius 3 is 2.67 bits per heavy atom. The van der Waals surface area contributed by atoms with Crippen LogP contribution in [-0.2, 0) is 16.4 Å². The number of para-hydroxylation sites is 1. The van der Waals surface area contributed by atoms with E-state index in [1.807, 2.05) is 18.2 Å². The molecular weight excluding hydrogens is 273 g/mol. The molecule has 3 nitrogen and oxygen atoms in total. The van der Waals surface area contributed by atoms with E-state index in [1.54, 1.807) is 6.07 Å². The van der Waals surface area contributed by atoms with Gasteiger partial charge in [0.25, 0.3) is 10.0 Å². The van der Waals surface area contributed by atoms with Gasteiger partial charge in [-0.3, -0.25) is 4.31 Å². The van der Waals surface area contributed by atoms with Gasteiger partial charge in [0, 0.05) is 6.54 Å². The lowest BCUT2D eigenvalue weighted by molar-refractivity contribution is 0.594. The summed E-state index contributed by atoms with van der Waals surface area (Å²) in [5.74, 6) is 0. The molecule has 0 spiro atoms. The van der Waals surface area contributed by atoms with Crippen LogP contribution in [0.4, 0.5) is 10.1 Å². The van der Waals surface area contributed by atoms with Crippen molar-refractivity contribution in [1.29, 1.82) is 0 Å². The van der Waals surface area contributed by atoms with Gasteiger partial charge in [-0.05, 0) is 30.2 Å². The molecule has 0 aliphatic carbocycles. The first-order valence-corrected chi connectivity index (χ1v) is 7.71. The van der Waals surface area contributed by atoms with Crippen LogP contribution in [0.15, 0.2) is 40.6 Å². The first-order valence-electron chi connectivity index (χ1n) is 5.45. The summed E-state index contributed by atoms with van der Waals surface area (Å²) >= 11 is 0.660. The van der Waals surface area contributed by atoms with Crippen molar-refractivity contribution in [3.63, 3.8) is 0 Å². The molecule has 3 rings (SSSR count). The van der Waals surface area contributed by atoms with E-state index in [9.17, 15) is 12.8 Å². The van der Waals surface area contributed by atoms with Gasteiger partial charge < -0.3 is 0 Å². The minimum Gasteiger partial charge on any atom is -0.265 e. The van der Waals surface area contributed by atoms with Crippen LogP contribution in [0.3, 0.4) is 0 Å². The van der Waals surface area contributed by atoms with Gasteiger partial charge in [-0.15, -0.1) is 0 Å². The minimum absolute atomic E-state index is 0.0525. The highest BCUT2D eigenvalue weighted by molar-refractivity contribution is 7.94. The molecule has 1 aromatic heterocycles. The fourth-order valence-corrected chi connectivity index (χ4v) is 4.72. The zero-order chi connectivity index (χ0) is 12.8. The highest BCUT2D eigenvalue weighted by atomic mass is 32.2. The zero-order valence-electron chi connectivity index (χ0n) is 9.34. The molecule has 0 saturated heterocycles. The largest absolute Gasteiger partial charge is 0.273 e. The minimum atomic E-state index is -3.62. The number of hydrogen-bond acceptors (Lipinski definition) is 3. The number of rotatable bonds is 2. The van der Waals surface area contributed by atoms with Crippen LogP contribution in [0.2, 0.25) is 0 Å². The monoisotopic (exact) mass is 283 g/mol. The highest BCUT2D eigenvalue weighted by Crippen LogP contribution is 2.34. The van der Waals surface area contributed by atoms with Crippen LogP contribution < -0.4 is 4.31 Å². The Morgan fingerprint density at radius 1 is 1.17 bits per heavy atom. The fourth-order valence-electron chi connectivity index (χ4n) is 2.10. The molecule has 1 aliphatic heterocycles. The number of hydrogen-bond donors (Lipinski definition) is 0. The molecule has 18 heavy (non-hydrogen) atoms. The van der Waals surface area contributed by atoms with Crippen LogP contribution >= 0.6 is 11.3 Å². The van der Waals surface area contributed by atoms with Gasteiger partial charge in [0.1, 0.15) is 4.21 Å². The molecule has 0 N–H and O–H groups in total. The van der Waals surface area contributed by atoms with Crippen LogP contribution in [0.1, 0.15) is 5.56 Å². The van der Waals surface area contributed by atoms with Gasteiger partial charge in [-0.1, -0.05) is 29.5 Å². The van der Waals surface area contributed by atoms with Crippen LogP contribution in [-0.4, -0.2) is 15.0 Å². The standard InChI is InChI=1S/C12H10FNO2S2/c13-11-5-6-12(17-11)18(15,16)14-8-7-9-3-1-2-4-10(9)14/h1-6H,7-8H2. The van der Waals surface area contributed by atoms with Crippen molar-refractivity contribution in [3.05, 3.63) is 47.1 Å². The average Bonchev–Trinajstić information content (AvgIpc) is 2.95. The van der Waals surface area contributed by atoms with E-state index in [-0.39, 0.29) is 4.21 Å². The second-order valence-electron chi connectivity index (χ2n) is 4.01. The van der Waals surface area contributed by atoms with Crippen molar-refractivity contribution < 1.29 is 12.8 Å². The Labute approximate surface area is 109 Å². The zero-order valence-corrected chi connectivity index (χ0v) is 11.0. The normalized spacial score (nSPS) is 14.8. The summed E-state index contributed by atoms with van der Waals surface area (Å²) in [6.07, 6.45) is 0.698. The summed E-state index contributed by atoms with van der Waals surface area (Å²) in [6, 6.07) is 9.89. The topological polar surface area (TPSA) is 37.4 Å².